The zero-order valence-corrected chi connectivity index (χ0v) is 12.1. The van der Waals surface area contributed by atoms with Gasteiger partial charge < -0.3 is 9.64 Å². The molecular weight excluding hydrogens is 266 g/mol. The third-order valence-electron chi connectivity index (χ3n) is 3.14. The van der Waals surface area contributed by atoms with Crippen LogP contribution in [0.2, 0.25) is 0 Å². The van der Waals surface area contributed by atoms with Crippen LogP contribution in [0.15, 0.2) is 5.38 Å². The number of carbonyl (C=O) groups is 2. The first-order valence-corrected chi connectivity index (χ1v) is 6.96. The van der Waals surface area contributed by atoms with Crippen LogP contribution in [0, 0.1) is 6.92 Å². The largest absolute Gasteiger partial charge is 0.448 e. The Morgan fingerprint density at radius 2 is 2.42 bits per heavy atom. The summed E-state index contributed by atoms with van der Waals surface area (Å²) in [6.45, 7) is 4.75. The number of ether oxygens (including phenoxy) is 1. The molecule has 1 aliphatic rings. The van der Waals surface area contributed by atoms with Crippen molar-refractivity contribution in [2.45, 2.75) is 19.9 Å². The topological polar surface area (TPSA) is 62.7 Å². The van der Waals surface area contributed by atoms with Crippen LogP contribution in [-0.2, 0) is 9.53 Å². The van der Waals surface area contributed by atoms with E-state index >= 15 is 0 Å². The molecule has 0 bridgehead atoms. The minimum atomic E-state index is -0.417. The molecule has 1 aromatic rings. The molecule has 2 rings (SSSR count). The molecule has 1 fully saturated rings. The molecule has 1 aromatic heterocycles. The predicted molar refractivity (Wildman–Crippen MR) is 71.0 cm³/mol. The number of hydrogen-bond donors (Lipinski definition) is 0. The van der Waals surface area contributed by atoms with E-state index in [1.807, 2.05) is 19.2 Å². The van der Waals surface area contributed by atoms with E-state index < -0.39 is 6.09 Å². The van der Waals surface area contributed by atoms with Crippen LogP contribution in [0.5, 0.6) is 0 Å². The number of amides is 2. The molecule has 2 amide bonds. The highest BCUT2D eigenvalue weighted by Crippen LogP contribution is 2.22. The van der Waals surface area contributed by atoms with Crippen LogP contribution in [-0.4, -0.2) is 53.5 Å². The first kappa shape index (κ1) is 13.8. The molecule has 0 radical (unpaired) electrons. The highest BCUT2D eigenvalue weighted by molar-refractivity contribution is 7.09. The molecule has 0 N–H and O–H groups in total. The zero-order chi connectivity index (χ0) is 14.0. The average molecular weight is 283 g/mol. The first-order chi connectivity index (χ1) is 8.99. The normalized spacial score (nSPS) is 16.4. The third-order valence-corrected chi connectivity index (χ3v) is 4.27. The lowest BCUT2D eigenvalue weighted by atomic mass is 10.3. The molecule has 1 aliphatic heterocycles. The van der Waals surface area contributed by atoms with E-state index in [-0.39, 0.29) is 18.5 Å². The smallest absolute Gasteiger partial charge is 0.410 e. The van der Waals surface area contributed by atoms with Crippen LogP contribution in [0.1, 0.15) is 23.7 Å². The molecule has 6 nitrogen and oxygen atoms in total. The highest BCUT2D eigenvalue weighted by atomic mass is 32.1. The fraction of sp³-hybridized carbons (Fsp3) is 0.583. The number of rotatable bonds is 4. The van der Waals surface area contributed by atoms with Gasteiger partial charge in [-0.05, 0) is 13.8 Å². The number of aryl methyl sites for hydroxylation is 1. The van der Waals surface area contributed by atoms with E-state index in [0.29, 0.717) is 13.2 Å². The van der Waals surface area contributed by atoms with E-state index in [4.69, 9.17) is 4.74 Å². The highest BCUT2D eigenvalue weighted by Gasteiger charge is 2.27. The summed E-state index contributed by atoms with van der Waals surface area (Å²) in [6, 6.07) is -0.0928. The first-order valence-electron chi connectivity index (χ1n) is 6.08. The Balaban J connectivity index is 1.96. The molecule has 0 unspecified atom stereocenters. The predicted octanol–water partition coefficient (Wildman–Crippen LogP) is 1.42. The summed E-state index contributed by atoms with van der Waals surface area (Å²) in [5, 5.41) is 2.86. The van der Waals surface area contributed by atoms with Crippen molar-refractivity contribution in [3.05, 3.63) is 16.1 Å². The van der Waals surface area contributed by atoms with Gasteiger partial charge in [-0.15, -0.1) is 11.3 Å². The van der Waals surface area contributed by atoms with Gasteiger partial charge in [0.15, 0.2) is 0 Å². The van der Waals surface area contributed by atoms with Gasteiger partial charge in [-0.1, -0.05) is 0 Å². The van der Waals surface area contributed by atoms with Gasteiger partial charge in [0.1, 0.15) is 18.2 Å². The van der Waals surface area contributed by atoms with Crippen molar-refractivity contribution in [1.82, 2.24) is 14.8 Å². The Morgan fingerprint density at radius 3 is 2.95 bits per heavy atom. The van der Waals surface area contributed by atoms with Crippen LogP contribution >= 0.6 is 11.3 Å². The average Bonchev–Trinajstić information content (AvgIpc) is 2.97. The SMILES string of the molecule is Cc1csc([C@@H](C)N(C)C(=O)CN2CCOC2=O)n1. The molecule has 7 heteroatoms. The van der Waals surface area contributed by atoms with Crippen LogP contribution < -0.4 is 0 Å². The monoisotopic (exact) mass is 283 g/mol. The standard InChI is InChI=1S/C12H17N3O3S/c1-8-7-19-11(13-8)9(2)14(3)10(16)6-15-4-5-18-12(15)17/h7,9H,4-6H2,1-3H3/t9-/m1/s1. The minimum absolute atomic E-state index is 0.0596. The zero-order valence-electron chi connectivity index (χ0n) is 11.3. The van der Waals surface area contributed by atoms with Gasteiger partial charge in [0, 0.05) is 18.1 Å². The number of nitrogens with zero attached hydrogens (tertiary/aromatic N) is 3. The molecule has 0 aliphatic carbocycles. The lowest BCUT2D eigenvalue weighted by Crippen LogP contribution is -2.39. The Kier molecular flexibility index (Phi) is 4.04. The molecule has 0 spiro atoms. The Hall–Kier alpha value is -1.63. The maximum absolute atomic E-state index is 12.1. The molecule has 0 saturated carbocycles. The second-order valence-electron chi connectivity index (χ2n) is 4.54. The maximum atomic E-state index is 12.1. The van der Waals surface area contributed by atoms with Crippen LogP contribution in [0.25, 0.3) is 0 Å². The molecular formula is C12H17N3O3S. The van der Waals surface area contributed by atoms with E-state index in [1.165, 1.54) is 16.2 Å². The summed E-state index contributed by atoms with van der Waals surface area (Å²) in [5.74, 6) is -0.112. The van der Waals surface area contributed by atoms with E-state index in [2.05, 4.69) is 4.98 Å². The lowest BCUT2D eigenvalue weighted by molar-refractivity contribution is -0.132. The lowest BCUT2D eigenvalue weighted by Gasteiger charge is -2.25. The fourth-order valence-corrected chi connectivity index (χ4v) is 2.69. The van der Waals surface area contributed by atoms with E-state index in [9.17, 15) is 9.59 Å². The summed E-state index contributed by atoms with van der Waals surface area (Å²) in [7, 11) is 1.73. The van der Waals surface area contributed by atoms with Crippen LogP contribution in [0.4, 0.5) is 4.79 Å². The molecule has 1 saturated heterocycles. The van der Waals surface area contributed by atoms with Gasteiger partial charge in [0.25, 0.3) is 0 Å². The molecule has 0 aromatic carbocycles. The van der Waals surface area contributed by atoms with E-state index in [0.717, 1.165) is 10.7 Å². The second-order valence-corrected chi connectivity index (χ2v) is 5.43. The minimum Gasteiger partial charge on any atom is -0.448 e. The van der Waals surface area contributed by atoms with Crippen molar-refractivity contribution in [1.29, 1.82) is 0 Å². The summed E-state index contributed by atoms with van der Waals surface area (Å²) in [6.07, 6.45) is -0.417. The molecule has 104 valence electrons. The quantitative estimate of drug-likeness (QED) is 0.838. The van der Waals surface area contributed by atoms with Gasteiger partial charge in [-0.25, -0.2) is 9.78 Å². The van der Waals surface area contributed by atoms with Gasteiger partial charge in [0.2, 0.25) is 5.91 Å². The maximum Gasteiger partial charge on any atom is 0.410 e. The van der Waals surface area contributed by atoms with Crippen molar-refractivity contribution in [2.75, 3.05) is 26.7 Å². The Labute approximate surface area is 116 Å². The Morgan fingerprint density at radius 1 is 1.68 bits per heavy atom. The van der Waals surface area contributed by atoms with Gasteiger partial charge >= 0.3 is 6.09 Å². The Bertz CT molecular complexity index is 488. The number of aromatic nitrogens is 1. The second kappa shape index (κ2) is 5.56. The van der Waals surface area contributed by atoms with Gasteiger partial charge in [-0.3, -0.25) is 9.69 Å². The number of likely N-dealkylation sites (N-methyl/N-ethyl adjacent to an activating group) is 1. The third kappa shape index (κ3) is 3.04. The van der Waals surface area contributed by atoms with Gasteiger partial charge in [-0.2, -0.15) is 0 Å². The van der Waals surface area contributed by atoms with Crippen molar-refractivity contribution >= 4 is 23.3 Å². The van der Waals surface area contributed by atoms with Gasteiger partial charge in [0.05, 0.1) is 12.6 Å². The summed E-state index contributed by atoms with van der Waals surface area (Å²) >= 11 is 1.54. The summed E-state index contributed by atoms with van der Waals surface area (Å²) in [4.78, 5) is 30.8. The van der Waals surface area contributed by atoms with Crippen molar-refractivity contribution < 1.29 is 14.3 Å². The van der Waals surface area contributed by atoms with Crippen molar-refractivity contribution in [3.63, 3.8) is 0 Å². The van der Waals surface area contributed by atoms with E-state index in [1.54, 1.807) is 11.9 Å². The number of cyclic esters (lactones) is 1. The number of hydrogen-bond acceptors (Lipinski definition) is 5. The summed E-state index contributed by atoms with van der Waals surface area (Å²) in [5.41, 5.74) is 0.954. The van der Waals surface area contributed by atoms with Crippen LogP contribution in [0.3, 0.4) is 0 Å². The molecule has 19 heavy (non-hydrogen) atoms. The fourth-order valence-electron chi connectivity index (χ4n) is 1.79. The number of carbonyl (C=O) groups excluding carboxylic acids is 2. The summed E-state index contributed by atoms with van der Waals surface area (Å²) < 4.78 is 4.80. The molecule has 2 heterocycles. The van der Waals surface area contributed by atoms with Crippen molar-refractivity contribution in [2.24, 2.45) is 0 Å². The molecule has 1 atom stereocenters. The number of thiazole rings is 1. The van der Waals surface area contributed by atoms with Crippen molar-refractivity contribution in [3.8, 4) is 0 Å².